The third-order valence-electron chi connectivity index (χ3n) is 3.48. The highest BCUT2D eigenvalue weighted by molar-refractivity contribution is 9.10. The first-order chi connectivity index (χ1) is 9.19. The van der Waals surface area contributed by atoms with Gasteiger partial charge < -0.3 is 10.6 Å². The van der Waals surface area contributed by atoms with Crippen LogP contribution < -0.4 is 16.2 Å². The number of anilines is 1. The predicted molar refractivity (Wildman–Crippen MR) is 80.4 cm³/mol. The lowest BCUT2D eigenvalue weighted by Crippen LogP contribution is -2.45. The van der Waals surface area contributed by atoms with E-state index >= 15 is 0 Å². The van der Waals surface area contributed by atoms with Crippen LogP contribution in [0.2, 0.25) is 0 Å². The predicted octanol–water partition coefficient (Wildman–Crippen LogP) is 1.51. The molecule has 1 unspecified atom stereocenters. The topological polar surface area (TPSA) is 64.2 Å². The van der Waals surface area contributed by atoms with E-state index in [9.17, 15) is 4.79 Å². The maximum absolute atomic E-state index is 12.2. The molecule has 6 heteroatoms. The summed E-state index contributed by atoms with van der Waals surface area (Å²) in [5.41, 5.74) is 6.54. The Morgan fingerprint density at radius 3 is 3.05 bits per heavy atom. The van der Waals surface area contributed by atoms with Crippen molar-refractivity contribution in [2.24, 2.45) is 5.73 Å². The van der Waals surface area contributed by atoms with Crippen LogP contribution in [0.15, 0.2) is 28.1 Å². The molecule has 2 N–H and O–H groups in total. The summed E-state index contributed by atoms with van der Waals surface area (Å²) < 4.78 is 1.95. The zero-order valence-electron chi connectivity index (χ0n) is 10.9. The van der Waals surface area contributed by atoms with Gasteiger partial charge in [0, 0.05) is 19.1 Å². The van der Waals surface area contributed by atoms with Gasteiger partial charge in [-0.05, 0) is 35.2 Å². The number of halogens is 1. The van der Waals surface area contributed by atoms with Crippen LogP contribution in [-0.4, -0.2) is 28.9 Å². The molecule has 0 aromatic carbocycles. The van der Waals surface area contributed by atoms with Gasteiger partial charge in [-0.15, -0.1) is 6.58 Å². The highest BCUT2D eigenvalue weighted by Gasteiger charge is 2.24. The molecule has 1 fully saturated rings. The molecule has 1 saturated heterocycles. The summed E-state index contributed by atoms with van der Waals surface area (Å²) in [4.78, 5) is 14.4. The highest BCUT2D eigenvalue weighted by atomic mass is 79.9. The minimum atomic E-state index is -0.126. The largest absolute Gasteiger partial charge is 0.365 e. The van der Waals surface area contributed by atoms with Crippen molar-refractivity contribution in [3.8, 4) is 0 Å². The van der Waals surface area contributed by atoms with Crippen LogP contribution in [0.3, 0.4) is 0 Å². The number of hydrogen-bond acceptors (Lipinski definition) is 4. The molecule has 1 aromatic heterocycles. The number of nitrogens with zero attached hydrogens (tertiary/aromatic N) is 3. The molecule has 1 aliphatic rings. The molecule has 2 rings (SSSR count). The number of piperidine rings is 1. The smallest absolute Gasteiger partial charge is 0.283 e. The van der Waals surface area contributed by atoms with E-state index in [2.05, 4.69) is 32.5 Å². The molecule has 0 amide bonds. The quantitative estimate of drug-likeness (QED) is 0.852. The molecular formula is C13H19BrN4O. The van der Waals surface area contributed by atoms with Crippen LogP contribution in [0.1, 0.15) is 19.3 Å². The SMILES string of the molecule is C=CCn1ncc(N2CCCCC2CN)c(Br)c1=O. The number of nitrogens with two attached hydrogens (primary N) is 1. The third kappa shape index (κ3) is 2.90. The number of rotatable bonds is 4. The van der Waals surface area contributed by atoms with Gasteiger partial charge in [0.15, 0.2) is 0 Å². The number of aromatic nitrogens is 2. The molecule has 0 spiro atoms. The Kier molecular flexibility index (Phi) is 4.76. The fraction of sp³-hybridized carbons (Fsp3) is 0.538. The van der Waals surface area contributed by atoms with Crippen molar-refractivity contribution in [2.75, 3.05) is 18.0 Å². The lowest BCUT2D eigenvalue weighted by atomic mass is 10.0. The van der Waals surface area contributed by atoms with Crippen molar-refractivity contribution < 1.29 is 0 Å². The lowest BCUT2D eigenvalue weighted by molar-refractivity contribution is 0.463. The van der Waals surface area contributed by atoms with Gasteiger partial charge >= 0.3 is 0 Å². The Morgan fingerprint density at radius 1 is 1.58 bits per heavy atom. The molecule has 0 aliphatic carbocycles. The first-order valence-corrected chi connectivity index (χ1v) is 7.31. The molecule has 0 saturated carbocycles. The fourth-order valence-electron chi connectivity index (χ4n) is 2.47. The molecule has 104 valence electrons. The maximum atomic E-state index is 12.2. The molecule has 1 aliphatic heterocycles. The van der Waals surface area contributed by atoms with Crippen molar-refractivity contribution in [3.63, 3.8) is 0 Å². The van der Waals surface area contributed by atoms with E-state index in [4.69, 9.17) is 5.73 Å². The Bertz CT molecular complexity index is 514. The van der Waals surface area contributed by atoms with Crippen LogP contribution in [0, 0.1) is 0 Å². The van der Waals surface area contributed by atoms with Gasteiger partial charge in [0.25, 0.3) is 5.56 Å². The lowest BCUT2D eigenvalue weighted by Gasteiger charge is -2.37. The van der Waals surface area contributed by atoms with Gasteiger partial charge in [0.05, 0.1) is 18.4 Å². The van der Waals surface area contributed by atoms with Crippen LogP contribution >= 0.6 is 15.9 Å². The van der Waals surface area contributed by atoms with Gasteiger partial charge in [-0.1, -0.05) is 6.08 Å². The second kappa shape index (κ2) is 6.34. The van der Waals surface area contributed by atoms with Gasteiger partial charge in [-0.2, -0.15) is 5.10 Å². The van der Waals surface area contributed by atoms with Crippen molar-refractivity contribution >= 4 is 21.6 Å². The molecule has 0 radical (unpaired) electrons. The number of allylic oxidation sites excluding steroid dienone is 1. The zero-order valence-corrected chi connectivity index (χ0v) is 12.5. The summed E-state index contributed by atoms with van der Waals surface area (Å²) in [6.45, 7) is 5.56. The summed E-state index contributed by atoms with van der Waals surface area (Å²) in [6, 6.07) is 0.293. The standard InChI is InChI=1S/C13H19BrN4O/c1-2-6-18-13(19)12(14)11(9-16-18)17-7-4-3-5-10(17)8-15/h2,9-10H,1,3-8,15H2. The Balaban J connectivity index is 2.36. The average molecular weight is 327 g/mol. The van der Waals surface area contributed by atoms with Crippen LogP contribution in [0.5, 0.6) is 0 Å². The molecule has 19 heavy (non-hydrogen) atoms. The van der Waals surface area contributed by atoms with Crippen molar-refractivity contribution in [3.05, 3.63) is 33.7 Å². The second-order valence-electron chi connectivity index (χ2n) is 4.70. The van der Waals surface area contributed by atoms with Gasteiger partial charge in [0.1, 0.15) is 4.47 Å². The maximum Gasteiger partial charge on any atom is 0.283 e. The van der Waals surface area contributed by atoms with Crippen LogP contribution in [0.4, 0.5) is 5.69 Å². The molecule has 0 bridgehead atoms. The van der Waals surface area contributed by atoms with E-state index in [-0.39, 0.29) is 5.56 Å². The molecular weight excluding hydrogens is 308 g/mol. The minimum Gasteiger partial charge on any atom is -0.365 e. The second-order valence-corrected chi connectivity index (χ2v) is 5.49. The Hall–Kier alpha value is -1.14. The first-order valence-electron chi connectivity index (χ1n) is 6.52. The van der Waals surface area contributed by atoms with E-state index < -0.39 is 0 Å². The molecule has 2 heterocycles. The molecule has 1 atom stereocenters. The Labute approximate surface area is 121 Å². The Morgan fingerprint density at radius 2 is 2.37 bits per heavy atom. The van der Waals surface area contributed by atoms with Gasteiger partial charge in [-0.3, -0.25) is 4.79 Å². The van der Waals surface area contributed by atoms with Gasteiger partial charge in [-0.25, -0.2) is 4.68 Å². The average Bonchev–Trinajstić information content (AvgIpc) is 2.44. The van der Waals surface area contributed by atoms with Crippen LogP contribution in [0.25, 0.3) is 0 Å². The molecule has 1 aromatic rings. The van der Waals surface area contributed by atoms with Crippen molar-refractivity contribution in [2.45, 2.75) is 31.8 Å². The summed E-state index contributed by atoms with van der Waals surface area (Å²) >= 11 is 3.40. The van der Waals surface area contributed by atoms with E-state index in [0.29, 0.717) is 23.6 Å². The highest BCUT2D eigenvalue weighted by Crippen LogP contribution is 2.28. The van der Waals surface area contributed by atoms with Crippen molar-refractivity contribution in [1.82, 2.24) is 9.78 Å². The number of hydrogen-bond donors (Lipinski definition) is 1. The third-order valence-corrected chi connectivity index (χ3v) is 4.22. The van der Waals surface area contributed by atoms with Crippen LogP contribution in [-0.2, 0) is 6.54 Å². The van der Waals surface area contributed by atoms with E-state index in [0.717, 1.165) is 25.1 Å². The summed E-state index contributed by atoms with van der Waals surface area (Å²) in [5, 5.41) is 4.19. The zero-order chi connectivity index (χ0) is 13.8. The van der Waals surface area contributed by atoms with Gasteiger partial charge in [0.2, 0.25) is 0 Å². The first kappa shape index (κ1) is 14.3. The minimum absolute atomic E-state index is 0.126. The van der Waals surface area contributed by atoms with E-state index in [1.165, 1.54) is 11.1 Å². The van der Waals surface area contributed by atoms with Crippen molar-refractivity contribution in [1.29, 1.82) is 0 Å². The molecule has 5 nitrogen and oxygen atoms in total. The fourth-order valence-corrected chi connectivity index (χ4v) is 3.01. The normalized spacial score (nSPS) is 19.5. The van der Waals surface area contributed by atoms with E-state index in [1.807, 2.05) is 0 Å². The summed E-state index contributed by atoms with van der Waals surface area (Å²) in [5.74, 6) is 0. The van der Waals surface area contributed by atoms with E-state index in [1.54, 1.807) is 12.3 Å². The monoisotopic (exact) mass is 326 g/mol. The summed E-state index contributed by atoms with van der Waals surface area (Å²) in [6.07, 6.45) is 6.78. The summed E-state index contributed by atoms with van der Waals surface area (Å²) in [7, 11) is 0.